The molecular weight excluding hydrogens is 396 g/mol. The van der Waals surface area contributed by atoms with Gasteiger partial charge < -0.3 is 15.4 Å². The van der Waals surface area contributed by atoms with E-state index in [1.807, 2.05) is 29.8 Å². The number of rotatable bonds is 6. The Morgan fingerprint density at radius 2 is 1.94 bits per heavy atom. The third kappa shape index (κ3) is 5.69. The molecule has 4 rings (SSSR count). The average molecular weight is 422 g/mol. The molecule has 0 radical (unpaired) electrons. The van der Waals surface area contributed by atoms with Gasteiger partial charge in [-0.15, -0.1) is 0 Å². The number of H-pyrrole nitrogens is 1. The van der Waals surface area contributed by atoms with Gasteiger partial charge in [0.2, 0.25) is 5.56 Å². The summed E-state index contributed by atoms with van der Waals surface area (Å²) in [5.74, 6) is -0.0974. The van der Waals surface area contributed by atoms with Gasteiger partial charge in [-0.3, -0.25) is 19.1 Å². The first-order valence-corrected chi connectivity index (χ1v) is 10.0. The molecule has 0 atom stereocenters. The average Bonchev–Trinajstić information content (AvgIpc) is 3.44. The standard InChI is InChI=1S/C22H24N4O2.CH2O2/c1-15-11-16(2)26(25-15)14-22(9-10-22)13-23-21(28)18-6-3-5-17(12-18)19-7-4-8-20(27)24-19;2-1-3/h3-8,11-12H,9-10,13-14H2,1-2H3,(H,23,28)(H,24,27);1H,(H,2,3). The van der Waals surface area contributed by atoms with Crippen LogP contribution in [0.25, 0.3) is 11.3 Å². The van der Waals surface area contributed by atoms with Crippen LogP contribution in [0.5, 0.6) is 0 Å². The van der Waals surface area contributed by atoms with Crippen molar-refractivity contribution in [2.75, 3.05) is 6.54 Å². The summed E-state index contributed by atoms with van der Waals surface area (Å²) in [6.07, 6.45) is 2.19. The van der Waals surface area contributed by atoms with Gasteiger partial charge in [-0.05, 0) is 56.5 Å². The first-order chi connectivity index (χ1) is 14.9. The van der Waals surface area contributed by atoms with Crippen molar-refractivity contribution in [2.45, 2.75) is 33.2 Å². The Bertz CT molecular complexity index is 1130. The molecular formula is C23H26N4O4. The van der Waals surface area contributed by atoms with Crippen molar-refractivity contribution in [3.05, 3.63) is 75.8 Å². The van der Waals surface area contributed by atoms with E-state index in [0.717, 1.165) is 36.3 Å². The van der Waals surface area contributed by atoms with Gasteiger partial charge in [0.15, 0.2) is 0 Å². The van der Waals surface area contributed by atoms with Crippen LogP contribution in [0.4, 0.5) is 0 Å². The van der Waals surface area contributed by atoms with Gasteiger partial charge in [-0.1, -0.05) is 18.2 Å². The minimum atomic E-state index is -0.250. The number of hydrogen-bond donors (Lipinski definition) is 3. The molecule has 162 valence electrons. The first-order valence-electron chi connectivity index (χ1n) is 10.0. The van der Waals surface area contributed by atoms with Crippen LogP contribution in [0.2, 0.25) is 0 Å². The Morgan fingerprint density at radius 1 is 1.23 bits per heavy atom. The molecule has 0 unspecified atom stereocenters. The lowest BCUT2D eigenvalue weighted by molar-refractivity contribution is -0.122. The number of carbonyl (C=O) groups excluding carboxylic acids is 1. The van der Waals surface area contributed by atoms with E-state index in [4.69, 9.17) is 9.90 Å². The fourth-order valence-corrected chi connectivity index (χ4v) is 3.53. The van der Waals surface area contributed by atoms with Gasteiger partial charge >= 0.3 is 0 Å². The van der Waals surface area contributed by atoms with E-state index < -0.39 is 0 Å². The molecule has 3 N–H and O–H groups in total. The second-order valence-electron chi connectivity index (χ2n) is 7.88. The van der Waals surface area contributed by atoms with Crippen molar-refractivity contribution in [1.82, 2.24) is 20.1 Å². The third-order valence-corrected chi connectivity index (χ3v) is 5.37. The molecule has 31 heavy (non-hydrogen) atoms. The van der Waals surface area contributed by atoms with Crippen LogP contribution in [-0.4, -0.2) is 38.8 Å². The van der Waals surface area contributed by atoms with Gasteiger partial charge in [0.1, 0.15) is 0 Å². The monoisotopic (exact) mass is 422 g/mol. The molecule has 0 spiro atoms. The molecule has 0 saturated heterocycles. The highest BCUT2D eigenvalue weighted by Gasteiger charge is 2.43. The lowest BCUT2D eigenvalue weighted by Gasteiger charge is -2.17. The van der Waals surface area contributed by atoms with Crippen LogP contribution < -0.4 is 10.9 Å². The Morgan fingerprint density at radius 3 is 2.55 bits per heavy atom. The quantitative estimate of drug-likeness (QED) is 0.528. The van der Waals surface area contributed by atoms with E-state index >= 15 is 0 Å². The maximum absolute atomic E-state index is 12.7. The summed E-state index contributed by atoms with van der Waals surface area (Å²) in [6, 6.07) is 14.4. The molecule has 2 aromatic heterocycles. The molecule has 8 nitrogen and oxygen atoms in total. The SMILES string of the molecule is Cc1cc(C)n(CC2(CNC(=O)c3cccc(-c4cccc(=O)[nH]4)c3)CC2)n1.O=CO. The van der Waals surface area contributed by atoms with Crippen molar-refractivity contribution in [1.29, 1.82) is 0 Å². The summed E-state index contributed by atoms with van der Waals surface area (Å²) in [7, 11) is 0. The molecule has 8 heteroatoms. The zero-order chi connectivity index (χ0) is 22.4. The summed E-state index contributed by atoms with van der Waals surface area (Å²) in [6.45, 7) is 5.28. The Labute approximate surface area is 179 Å². The summed E-state index contributed by atoms with van der Waals surface area (Å²) >= 11 is 0. The molecule has 1 aromatic carbocycles. The lowest BCUT2D eigenvalue weighted by atomic mass is 10.1. The highest BCUT2D eigenvalue weighted by molar-refractivity contribution is 5.95. The molecule has 3 aromatic rings. The van der Waals surface area contributed by atoms with E-state index in [2.05, 4.69) is 28.4 Å². The van der Waals surface area contributed by atoms with Crippen LogP contribution in [0.3, 0.4) is 0 Å². The van der Waals surface area contributed by atoms with Crippen LogP contribution in [-0.2, 0) is 11.3 Å². The van der Waals surface area contributed by atoms with E-state index in [1.165, 1.54) is 6.07 Å². The van der Waals surface area contributed by atoms with E-state index in [1.54, 1.807) is 18.2 Å². The summed E-state index contributed by atoms with van der Waals surface area (Å²) in [5, 5.41) is 14.5. The van der Waals surface area contributed by atoms with Crippen molar-refractivity contribution < 1.29 is 14.7 Å². The first kappa shape index (κ1) is 22.0. The van der Waals surface area contributed by atoms with Crippen molar-refractivity contribution in [2.24, 2.45) is 5.41 Å². The molecule has 0 aliphatic heterocycles. The Balaban J connectivity index is 0.000000858. The van der Waals surface area contributed by atoms with Gasteiger partial charge in [0.05, 0.1) is 5.69 Å². The molecule has 1 aliphatic carbocycles. The number of carboxylic acid groups (broad SMARTS) is 1. The minimum Gasteiger partial charge on any atom is -0.483 e. The molecule has 1 fully saturated rings. The lowest BCUT2D eigenvalue weighted by Crippen LogP contribution is -2.32. The molecule has 1 amide bonds. The second kappa shape index (κ2) is 9.42. The molecule has 2 heterocycles. The smallest absolute Gasteiger partial charge is 0.290 e. The van der Waals surface area contributed by atoms with Crippen LogP contribution in [0.15, 0.2) is 53.3 Å². The van der Waals surface area contributed by atoms with E-state index in [0.29, 0.717) is 17.8 Å². The van der Waals surface area contributed by atoms with Crippen molar-refractivity contribution in [3.8, 4) is 11.3 Å². The number of hydrogen-bond acceptors (Lipinski definition) is 4. The van der Waals surface area contributed by atoms with Crippen LogP contribution >= 0.6 is 0 Å². The largest absolute Gasteiger partial charge is 0.483 e. The van der Waals surface area contributed by atoms with Crippen molar-refractivity contribution >= 4 is 12.4 Å². The number of nitrogens with one attached hydrogen (secondary N) is 2. The summed E-state index contributed by atoms with van der Waals surface area (Å²) in [4.78, 5) is 35.4. The fourth-order valence-electron chi connectivity index (χ4n) is 3.53. The number of benzene rings is 1. The number of nitrogens with zero attached hydrogens (tertiary/aromatic N) is 2. The summed E-state index contributed by atoms with van der Waals surface area (Å²) in [5.41, 5.74) is 4.21. The predicted molar refractivity (Wildman–Crippen MR) is 117 cm³/mol. The number of aromatic amines is 1. The number of amides is 1. The number of aromatic nitrogens is 3. The molecule has 0 bridgehead atoms. The zero-order valence-electron chi connectivity index (χ0n) is 17.6. The minimum absolute atomic E-state index is 0.0974. The number of aryl methyl sites for hydroxylation is 2. The summed E-state index contributed by atoms with van der Waals surface area (Å²) < 4.78 is 2.04. The number of pyridine rings is 1. The highest BCUT2D eigenvalue weighted by atomic mass is 16.3. The normalized spacial score (nSPS) is 13.6. The van der Waals surface area contributed by atoms with Gasteiger partial charge in [-0.2, -0.15) is 5.10 Å². The van der Waals surface area contributed by atoms with Crippen LogP contribution in [0, 0.1) is 19.3 Å². The predicted octanol–water partition coefficient (Wildman–Crippen LogP) is 2.77. The van der Waals surface area contributed by atoms with Gasteiger partial charge in [0, 0.05) is 41.5 Å². The van der Waals surface area contributed by atoms with Gasteiger partial charge in [-0.25, -0.2) is 0 Å². The maximum Gasteiger partial charge on any atom is 0.290 e. The fraction of sp³-hybridized carbons (Fsp3) is 0.304. The van der Waals surface area contributed by atoms with E-state index in [9.17, 15) is 9.59 Å². The second-order valence-corrected chi connectivity index (χ2v) is 7.88. The third-order valence-electron chi connectivity index (χ3n) is 5.37. The Hall–Kier alpha value is -3.68. The Kier molecular flexibility index (Phi) is 6.69. The van der Waals surface area contributed by atoms with Gasteiger partial charge in [0.25, 0.3) is 12.4 Å². The molecule has 1 saturated carbocycles. The van der Waals surface area contributed by atoms with Crippen LogP contribution in [0.1, 0.15) is 34.6 Å². The van der Waals surface area contributed by atoms with E-state index in [-0.39, 0.29) is 23.4 Å². The maximum atomic E-state index is 12.7. The topological polar surface area (TPSA) is 117 Å². The van der Waals surface area contributed by atoms with Crippen molar-refractivity contribution in [3.63, 3.8) is 0 Å². The highest BCUT2D eigenvalue weighted by Crippen LogP contribution is 2.46. The molecule has 1 aliphatic rings. The zero-order valence-corrected chi connectivity index (χ0v) is 17.6. The number of carbonyl (C=O) groups is 2.